The van der Waals surface area contributed by atoms with E-state index in [2.05, 4.69) is 42.2 Å². The maximum Gasteiger partial charge on any atom is 0.246 e. The van der Waals surface area contributed by atoms with E-state index >= 15 is 0 Å². The molecule has 0 bridgehead atoms. The number of guanidine groups is 1. The number of nitrogens with one attached hydrogen (secondary N) is 7. The van der Waals surface area contributed by atoms with Gasteiger partial charge in [0.15, 0.2) is 18.5 Å². The number of likely N-dealkylation sites (N-methyl/N-ethyl adjacent to an activating group) is 1. The van der Waals surface area contributed by atoms with Crippen molar-refractivity contribution < 1.29 is 107 Å². The highest BCUT2D eigenvalue weighted by Crippen LogP contribution is 2.34. The normalized spacial score (nSPS) is 29.8. The smallest absolute Gasteiger partial charge is 0.246 e. The van der Waals surface area contributed by atoms with Crippen LogP contribution in [0.2, 0.25) is 0 Å². The zero-order valence-electron chi connectivity index (χ0n) is 54.3. The molecule has 21 atom stereocenters. The van der Waals surface area contributed by atoms with Crippen molar-refractivity contribution in [2.24, 2.45) is 28.1 Å². The first-order chi connectivity index (χ1) is 45.0. The van der Waals surface area contributed by atoms with Gasteiger partial charge in [-0.2, -0.15) is 0 Å². The molecular weight excluding hydrogens is 1260 g/mol. The van der Waals surface area contributed by atoms with Gasteiger partial charge in [-0.15, -0.1) is 0 Å². The van der Waals surface area contributed by atoms with Gasteiger partial charge in [-0.05, 0) is 99.0 Å². The predicted molar refractivity (Wildman–Crippen MR) is 328 cm³/mol. The standard InChI is InChI=1S/C58H97N15O22/c1-26-45(95-57-44(81)43(80)41(78)37(24-75)94-57)42(79)38(25-76)93-56(26)92-30(5)40(51(87)67-29(4)53(89)73-21-11-16-36(73)55(91)72-20-10-15-35(72)49(85)65-27(2)46(59)82)69-47(83)32(23-74)68-39(77)22-64-48(84)33-13-8-18-70(33)52(88)28(3)66-50(86)34-14-9-19-71(34)54(90)31(62-6)12-7-17-63-58(60)61/h26-38,40-45,56-57,62,74-76,78-81H,7-25H2,1-6H3,(H2,59,82)(H,64,84)(H,65,85)(H,66,86)(H,67,87)(H,68,77)(H,69,83)(H4,60,61,63)/t26-,27?,28?,29?,30?,31?,32?,33?,34?,35?,36?,37?,38?,40?,41-,42-,43?,44-,45?,56-,57-/m0/s1. The summed E-state index contributed by atoms with van der Waals surface area (Å²) in [5.41, 5.74) is 16.2. The fourth-order valence-electron chi connectivity index (χ4n) is 12.7. The Morgan fingerprint density at radius 2 is 1.08 bits per heavy atom. The van der Waals surface area contributed by atoms with Crippen LogP contribution in [0.4, 0.5) is 0 Å². The Kier molecular flexibility index (Phi) is 28.6. The van der Waals surface area contributed by atoms with Crippen molar-refractivity contribution in [2.45, 2.75) is 221 Å². The summed E-state index contributed by atoms with van der Waals surface area (Å²) in [5, 5.41) is 91.4. The first-order valence-electron chi connectivity index (χ1n) is 32.2. The minimum atomic E-state index is -1.93. The molecule has 11 amide bonds. The summed E-state index contributed by atoms with van der Waals surface area (Å²) < 4.78 is 23.6. The number of likely N-dealkylation sites (tertiary alicyclic amines) is 4. The number of carbonyl (C=O) groups is 11. The van der Waals surface area contributed by atoms with Crippen LogP contribution < -0.4 is 54.4 Å². The molecule has 6 fully saturated rings. The number of nitrogens with zero attached hydrogens (tertiary/aromatic N) is 5. The molecule has 536 valence electrons. The van der Waals surface area contributed by atoms with Crippen LogP contribution >= 0.6 is 0 Å². The third kappa shape index (κ3) is 19.2. The van der Waals surface area contributed by atoms with Gasteiger partial charge < -0.3 is 129 Å². The molecule has 15 unspecified atom stereocenters. The lowest BCUT2D eigenvalue weighted by Crippen LogP contribution is -2.64. The van der Waals surface area contributed by atoms with Gasteiger partial charge in [-0.1, -0.05) is 6.92 Å². The van der Waals surface area contributed by atoms with Gasteiger partial charge in [0.05, 0.1) is 44.6 Å². The third-order valence-corrected chi connectivity index (χ3v) is 18.1. The Bertz CT molecular complexity index is 2750. The van der Waals surface area contributed by atoms with Crippen LogP contribution in [0, 0.1) is 5.92 Å². The van der Waals surface area contributed by atoms with Gasteiger partial charge in [0.25, 0.3) is 0 Å². The molecule has 20 N–H and O–H groups in total. The highest BCUT2D eigenvalue weighted by atomic mass is 16.7. The van der Waals surface area contributed by atoms with Crippen molar-refractivity contribution in [3.8, 4) is 0 Å². The quantitative estimate of drug-likeness (QED) is 0.0180. The van der Waals surface area contributed by atoms with E-state index in [1.807, 2.05) is 0 Å². The number of ether oxygens (including phenoxy) is 4. The first-order valence-corrected chi connectivity index (χ1v) is 32.2. The van der Waals surface area contributed by atoms with E-state index in [0.717, 1.165) is 0 Å². The predicted octanol–water partition coefficient (Wildman–Crippen LogP) is -10.0. The largest absolute Gasteiger partial charge is 0.394 e. The minimum absolute atomic E-state index is 0.0585. The Hall–Kier alpha value is -7.04. The van der Waals surface area contributed by atoms with Crippen molar-refractivity contribution in [3.63, 3.8) is 0 Å². The summed E-state index contributed by atoms with van der Waals surface area (Å²) in [6.07, 6.45) is -13.1. The van der Waals surface area contributed by atoms with Crippen LogP contribution in [-0.4, -0.2) is 314 Å². The number of aliphatic imine (C=N–C) groups is 1. The van der Waals surface area contributed by atoms with Gasteiger partial charge in [-0.25, -0.2) is 0 Å². The molecule has 6 heterocycles. The number of nitrogens with two attached hydrogens (primary N) is 3. The molecule has 95 heavy (non-hydrogen) atoms. The summed E-state index contributed by atoms with van der Waals surface area (Å²) in [5.74, 6) is -9.57. The van der Waals surface area contributed by atoms with Gasteiger partial charge in [-0.3, -0.25) is 57.7 Å². The van der Waals surface area contributed by atoms with Crippen molar-refractivity contribution in [3.05, 3.63) is 0 Å². The third-order valence-electron chi connectivity index (χ3n) is 18.1. The molecule has 6 saturated heterocycles. The summed E-state index contributed by atoms with van der Waals surface area (Å²) >= 11 is 0. The molecule has 0 aromatic heterocycles. The van der Waals surface area contributed by atoms with Crippen LogP contribution in [0.3, 0.4) is 0 Å². The average Bonchev–Trinajstić information content (AvgIpc) is 0.914. The van der Waals surface area contributed by atoms with Crippen LogP contribution in [0.15, 0.2) is 4.99 Å². The van der Waals surface area contributed by atoms with E-state index in [1.165, 1.54) is 54.2 Å². The molecule has 0 aromatic carbocycles. The van der Waals surface area contributed by atoms with E-state index in [-0.39, 0.29) is 50.8 Å². The van der Waals surface area contributed by atoms with Gasteiger partial charge in [0.2, 0.25) is 65.0 Å². The second kappa shape index (κ2) is 35.3. The molecule has 6 rings (SSSR count). The van der Waals surface area contributed by atoms with Crippen molar-refractivity contribution in [1.29, 1.82) is 0 Å². The molecule has 37 nitrogen and oxygen atoms in total. The summed E-state index contributed by atoms with van der Waals surface area (Å²) in [6, 6.07) is -12.0. The van der Waals surface area contributed by atoms with Crippen molar-refractivity contribution in [1.82, 2.24) is 56.8 Å². The number of rotatable bonds is 30. The average molecular weight is 1360 g/mol. The van der Waals surface area contributed by atoms with E-state index in [4.69, 9.17) is 36.1 Å². The first kappa shape index (κ1) is 77.0. The van der Waals surface area contributed by atoms with E-state index in [1.54, 1.807) is 7.05 Å². The second-order valence-corrected chi connectivity index (χ2v) is 24.9. The number of carbonyl (C=O) groups excluding carboxylic acids is 11. The molecule has 0 spiro atoms. The molecule has 6 aliphatic heterocycles. The Labute approximate surface area is 548 Å². The van der Waals surface area contributed by atoms with Crippen LogP contribution in [0.5, 0.6) is 0 Å². The summed E-state index contributed by atoms with van der Waals surface area (Å²) in [7, 11) is 1.62. The van der Waals surface area contributed by atoms with E-state index < -0.39 is 213 Å². The fourth-order valence-corrected chi connectivity index (χ4v) is 12.7. The molecule has 0 aliphatic carbocycles. The molecule has 0 radical (unpaired) electrons. The van der Waals surface area contributed by atoms with Gasteiger partial charge in [0.1, 0.15) is 91.0 Å². The molecule has 37 heteroatoms. The topological polar surface area (TPSA) is 554 Å². The summed E-state index contributed by atoms with van der Waals surface area (Å²) in [6.45, 7) is 4.16. The lowest BCUT2D eigenvalue weighted by molar-refractivity contribution is -0.354. The SMILES string of the molecule is CNC(CCCN=C(N)N)C(=O)N1CCCC1C(=O)NC(C)C(=O)N1CCCC1C(=O)NCC(=O)NC(CO)C(=O)NC(C(=O)NC(C)C(=O)N1CCCC1C(=O)N1CCCC1C(=O)NC(C)C(N)=O)C(C)O[C@H]1OC(CO)[C@H](O)C(O[C@@H]2OC(CO)[C@H](O)C(O)[C@@H]2O)[C@@H]1C. The fraction of sp³-hybridized carbons (Fsp3) is 0.793. The number of primary amides is 1. The number of amides is 11. The van der Waals surface area contributed by atoms with Crippen LogP contribution in [-0.2, 0) is 71.7 Å². The molecule has 6 aliphatic rings. The number of hydrogen-bond acceptors (Lipinski definition) is 24. The number of aliphatic hydroxyl groups is 7. The Morgan fingerprint density at radius 1 is 0.579 bits per heavy atom. The lowest BCUT2D eigenvalue weighted by atomic mass is 9.91. The van der Waals surface area contributed by atoms with Gasteiger partial charge >= 0.3 is 0 Å². The monoisotopic (exact) mass is 1360 g/mol. The second-order valence-electron chi connectivity index (χ2n) is 24.9. The van der Waals surface area contributed by atoms with Crippen molar-refractivity contribution >= 4 is 70.9 Å². The summed E-state index contributed by atoms with van der Waals surface area (Å²) in [4.78, 5) is 160. The van der Waals surface area contributed by atoms with E-state index in [9.17, 15) is 88.5 Å². The molecular formula is C58H97N15O22. The van der Waals surface area contributed by atoms with Crippen molar-refractivity contribution in [2.75, 3.05) is 66.1 Å². The molecule has 0 aromatic rings. The Morgan fingerprint density at radius 3 is 1.64 bits per heavy atom. The van der Waals surface area contributed by atoms with Crippen LogP contribution in [0.25, 0.3) is 0 Å². The zero-order chi connectivity index (χ0) is 70.3. The number of hydrogen-bond donors (Lipinski definition) is 17. The lowest BCUT2D eigenvalue weighted by Gasteiger charge is -2.47. The maximum absolute atomic E-state index is 14.6. The highest BCUT2D eigenvalue weighted by molar-refractivity contribution is 5.99. The molecule has 0 saturated carbocycles. The zero-order valence-corrected chi connectivity index (χ0v) is 54.3. The number of aliphatic hydroxyl groups excluding tert-OH is 7. The van der Waals surface area contributed by atoms with Crippen LogP contribution in [0.1, 0.15) is 98.8 Å². The van der Waals surface area contributed by atoms with E-state index in [0.29, 0.717) is 58.0 Å². The maximum atomic E-state index is 14.6. The Balaban J connectivity index is 1.13. The van der Waals surface area contributed by atoms with Gasteiger partial charge in [0, 0.05) is 38.6 Å². The minimum Gasteiger partial charge on any atom is -0.394 e. The highest BCUT2D eigenvalue weighted by Gasteiger charge is 2.52.